The molecule has 1 unspecified atom stereocenters. The van der Waals surface area contributed by atoms with Gasteiger partial charge in [-0.3, -0.25) is 9.48 Å². The molecule has 1 fully saturated rings. The van der Waals surface area contributed by atoms with Crippen LogP contribution in [0.4, 0.5) is 10.5 Å². The van der Waals surface area contributed by atoms with E-state index in [4.69, 9.17) is 4.74 Å². The zero-order valence-corrected chi connectivity index (χ0v) is 18.9. The monoisotopic (exact) mass is 427 g/mol. The van der Waals surface area contributed by atoms with E-state index in [1.807, 2.05) is 60.7 Å². The molecule has 8 nitrogen and oxygen atoms in total. The average molecular weight is 428 g/mol. The van der Waals surface area contributed by atoms with Gasteiger partial charge in [0.15, 0.2) is 0 Å². The summed E-state index contributed by atoms with van der Waals surface area (Å²) in [5.41, 5.74) is 3.32. The summed E-state index contributed by atoms with van der Waals surface area (Å²) in [6.45, 7) is 8.09. The molecule has 1 atom stereocenters. The Kier molecular flexibility index (Phi) is 7.33. The summed E-state index contributed by atoms with van der Waals surface area (Å²) < 4.78 is 7.14. The first-order valence-electron chi connectivity index (χ1n) is 10.7. The molecule has 3 amide bonds. The highest BCUT2D eigenvalue weighted by Gasteiger charge is 2.40. The second-order valence-corrected chi connectivity index (χ2v) is 8.44. The van der Waals surface area contributed by atoms with Crippen molar-refractivity contribution >= 4 is 17.6 Å². The number of rotatable bonds is 8. The summed E-state index contributed by atoms with van der Waals surface area (Å²) >= 11 is 0. The van der Waals surface area contributed by atoms with Crippen molar-refractivity contribution in [3.63, 3.8) is 0 Å². The third-order valence-corrected chi connectivity index (χ3v) is 5.79. The topological polar surface area (TPSA) is 88.5 Å². The molecule has 2 heterocycles. The second kappa shape index (κ2) is 9.96. The SMILES string of the molecule is COCCC1(NC(=O)Nc2cccc(C)c2)CCN(C(=O)CCn2nc(C)cc2C)C1. The van der Waals surface area contributed by atoms with Gasteiger partial charge in [-0.2, -0.15) is 5.10 Å². The van der Waals surface area contributed by atoms with Crippen molar-refractivity contribution in [1.29, 1.82) is 0 Å². The maximum atomic E-state index is 12.8. The van der Waals surface area contributed by atoms with Gasteiger partial charge in [-0.1, -0.05) is 12.1 Å². The molecule has 0 bridgehead atoms. The van der Waals surface area contributed by atoms with E-state index in [2.05, 4.69) is 15.7 Å². The Hall–Kier alpha value is -2.87. The van der Waals surface area contributed by atoms with Crippen molar-refractivity contribution in [3.8, 4) is 0 Å². The van der Waals surface area contributed by atoms with Crippen LogP contribution in [0.15, 0.2) is 30.3 Å². The number of urea groups is 1. The van der Waals surface area contributed by atoms with Gasteiger partial charge >= 0.3 is 6.03 Å². The number of nitrogens with zero attached hydrogens (tertiary/aromatic N) is 3. The number of aryl methyl sites for hydroxylation is 4. The molecule has 2 N–H and O–H groups in total. The van der Waals surface area contributed by atoms with Gasteiger partial charge in [0.1, 0.15) is 0 Å². The van der Waals surface area contributed by atoms with Crippen LogP contribution >= 0.6 is 0 Å². The Morgan fingerprint density at radius 2 is 2.03 bits per heavy atom. The molecule has 0 spiro atoms. The highest BCUT2D eigenvalue weighted by atomic mass is 16.5. The molecule has 3 rings (SSSR count). The fourth-order valence-electron chi connectivity index (χ4n) is 4.14. The van der Waals surface area contributed by atoms with Crippen molar-refractivity contribution in [2.75, 3.05) is 32.1 Å². The zero-order valence-electron chi connectivity index (χ0n) is 18.9. The smallest absolute Gasteiger partial charge is 0.319 e. The number of likely N-dealkylation sites (tertiary alicyclic amines) is 1. The number of aromatic nitrogens is 2. The molecule has 0 saturated carbocycles. The lowest BCUT2D eigenvalue weighted by Gasteiger charge is -2.30. The molecule has 1 aromatic heterocycles. The van der Waals surface area contributed by atoms with E-state index in [1.54, 1.807) is 7.11 Å². The molecule has 1 aliphatic rings. The minimum absolute atomic E-state index is 0.0766. The first-order chi connectivity index (χ1) is 14.8. The van der Waals surface area contributed by atoms with Crippen molar-refractivity contribution in [1.82, 2.24) is 20.0 Å². The minimum Gasteiger partial charge on any atom is -0.385 e. The molecular formula is C23H33N5O3. The van der Waals surface area contributed by atoms with Crippen LogP contribution in [0.1, 0.15) is 36.2 Å². The van der Waals surface area contributed by atoms with E-state index >= 15 is 0 Å². The number of amides is 3. The van der Waals surface area contributed by atoms with E-state index in [-0.39, 0.29) is 11.9 Å². The number of benzene rings is 1. The largest absolute Gasteiger partial charge is 0.385 e. The summed E-state index contributed by atoms with van der Waals surface area (Å²) in [5, 5.41) is 10.5. The Morgan fingerprint density at radius 1 is 1.23 bits per heavy atom. The van der Waals surface area contributed by atoms with Gasteiger partial charge < -0.3 is 20.3 Å². The Morgan fingerprint density at radius 3 is 2.71 bits per heavy atom. The van der Waals surface area contributed by atoms with Crippen LogP contribution in [0.3, 0.4) is 0 Å². The first kappa shape index (κ1) is 22.8. The zero-order chi connectivity index (χ0) is 22.4. The number of carbonyl (C=O) groups excluding carboxylic acids is 2. The molecule has 0 radical (unpaired) electrons. The van der Waals surface area contributed by atoms with Gasteiger partial charge in [0.05, 0.1) is 11.2 Å². The number of nitrogens with one attached hydrogen (secondary N) is 2. The van der Waals surface area contributed by atoms with Gasteiger partial charge in [-0.15, -0.1) is 0 Å². The van der Waals surface area contributed by atoms with Crippen molar-refractivity contribution in [3.05, 3.63) is 47.3 Å². The normalized spacial score (nSPS) is 18.3. The summed E-state index contributed by atoms with van der Waals surface area (Å²) in [4.78, 5) is 27.4. The third-order valence-electron chi connectivity index (χ3n) is 5.79. The maximum Gasteiger partial charge on any atom is 0.319 e. The Balaban J connectivity index is 1.60. The number of hydrogen-bond acceptors (Lipinski definition) is 4. The average Bonchev–Trinajstić information content (AvgIpc) is 3.27. The van der Waals surface area contributed by atoms with Crippen LogP contribution < -0.4 is 10.6 Å². The molecule has 8 heteroatoms. The van der Waals surface area contributed by atoms with Crippen LogP contribution in [0.2, 0.25) is 0 Å². The summed E-state index contributed by atoms with van der Waals surface area (Å²) in [6.07, 6.45) is 1.73. The lowest BCUT2D eigenvalue weighted by Crippen LogP contribution is -2.53. The molecule has 31 heavy (non-hydrogen) atoms. The first-order valence-corrected chi connectivity index (χ1v) is 10.7. The van der Waals surface area contributed by atoms with Crippen LogP contribution in [-0.2, 0) is 16.1 Å². The molecule has 1 aliphatic heterocycles. The van der Waals surface area contributed by atoms with Crippen LogP contribution in [0.5, 0.6) is 0 Å². The molecule has 2 aromatic rings. The van der Waals surface area contributed by atoms with E-state index in [9.17, 15) is 9.59 Å². The Labute approximate surface area is 183 Å². The third kappa shape index (κ3) is 6.07. The highest BCUT2D eigenvalue weighted by Crippen LogP contribution is 2.26. The fourth-order valence-corrected chi connectivity index (χ4v) is 4.14. The van der Waals surface area contributed by atoms with E-state index < -0.39 is 5.54 Å². The second-order valence-electron chi connectivity index (χ2n) is 8.44. The van der Waals surface area contributed by atoms with Gasteiger partial charge in [-0.25, -0.2) is 4.79 Å². The van der Waals surface area contributed by atoms with Gasteiger partial charge in [0.2, 0.25) is 5.91 Å². The van der Waals surface area contributed by atoms with Gasteiger partial charge in [-0.05, 0) is 57.4 Å². The van der Waals surface area contributed by atoms with Crippen molar-refractivity contribution in [2.45, 2.75) is 52.1 Å². The highest BCUT2D eigenvalue weighted by molar-refractivity contribution is 5.90. The lowest BCUT2D eigenvalue weighted by atomic mass is 9.94. The van der Waals surface area contributed by atoms with Crippen molar-refractivity contribution in [2.24, 2.45) is 0 Å². The fraction of sp³-hybridized carbons (Fsp3) is 0.522. The summed E-state index contributed by atoms with van der Waals surface area (Å²) in [6, 6.07) is 9.41. The van der Waals surface area contributed by atoms with Crippen LogP contribution in [-0.4, -0.2) is 59.0 Å². The van der Waals surface area contributed by atoms with E-state index in [0.717, 1.165) is 22.6 Å². The lowest BCUT2D eigenvalue weighted by molar-refractivity contribution is -0.130. The predicted octanol–water partition coefficient (Wildman–Crippen LogP) is 3.03. The van der Waals surface area contributed by atoms with Gasteiger partial charge in [0.25, 0.3) is 0 Å². The maximum absolute atomic E-state index is 12.8. The van der Waals surface area contributed by atoms with Crippen molar-refractivity contribution < 1.29 is 14.3 Å². The van der Waals surface area contributed by atoms with Gasteiger partial charge in [0, 0.05) is 51.2 Å². The molecule has 1 aromatic carbocycles. The molecular weight excluding hydrogens is 394 g/mol. The standard InChI is InChI=1S/C23H33N5O3/c1-17-6-5-7-20(14-17)24-22(30)25-23(10-13-31-4)9-12-27(16-23)21(29)8-11-28-19(3)15-18(2)26-28/h5-7,14-15H,8-13,16H2,1-4H3,(H2,24,25,30). The number of anilines is 1. The summed E-state index contributed by atoms with van der Waals surface area (Å²) in [5.74, 6) is 0.0766. The number of methoxy groups -OCH3 is 1. The number of carbonyl (C=O) groups is 2. The number of ether oxygens (including phenoxy) is 1. The molecule has 1 saturated heterocycles. The minimum atomic E-state index is -0.502. The molecule has 0 aliphatic carbocycles. The van der Waals surface area contributed by atoms with Crippen LogP contribution in [0.25, 0.3) is 0 Å². The molecule has 168 valence electrons. The van der Waals surface area contributed by atoms with Crippen LogP contribution in [0, 0.1) is 20.8 Å². The quantitative estimate of drug-likeness (QED) is 0.678. The number of hydrogen-bond donors (Lipinski definition) is 2. The summed E-state index contributed by atoms with van der Waals surface area (Å²) in [7, 11) is 1.65. The predicted molar refractivity (Wildman–Crippen MR) is 120 cm³/mol. The van der Waals surface area contributed by atoms with E-state index in [0.29, 0.717) is 45.5 Å². The Bertz CT molecular complexity index is 926. The van der Waals surface area contributed by atoms with E-state index in [1.165, 1.54) is 0 Å².